The fraction of sp³-hybridized carbons (Fsp3) is 0.533. The fourth-order valence-corrected chi connectivity index (χ4v) is 3.20. The number of amides is 1. The first kappa shape index (κ1) is 18.4. The van der Waals surface area contributed by atoms with Crippen LogP contribution in [0.5, 0.6) is 5.75 Å². The number of hydrogen-bond acceptors (Lipinski definition) is 4. The smallest absolute Gasteiger partial charge is 0.241 e. The lowest BCUT2D eigenvalue weighted by molar-refractivity contribution is -0.122. The van der Waals surface area contributed by atoms with E-state index in [1.807, 2.05) is 6.92 Å². The van der Waals surface area contributed by atoms with Crippen LogP contribution >= 0.6 is 0 Å². The van der Waals surface area contributed by atoms with E-state index in [0.29, 0.717) is 17.9 Å². The quantitative estimate of drug-likeness (QED) is 0.710. The molecule has 1 rings (SSSR count). The van der Waals surface area contributed by atoms with E-state index >= 15 is 0 Å². The Morgan fingerprint density at radius 1 is 1.36 bits per heavy atom. The van der Waals surface area contributed by atoms with Gasteiger partial charge < -0.3 is 10.1 Å². The van der Waals surface area contributed by atoms with Crippen molar-refractivity contribution < 1.29 is 17.9 Å². The van der Waals surface area contributed by atoms with Crippen LogP contribution in [0.15, 0.2) is 23.1 Å². The first-order valence-electron chi connectivity index (χ1n) is 7.26. The Balaban J connectivity index is 2.78. The number of methoxy groups -OCH3 is 1. The molecule has 0 fully saturated rings. The van der Waals surface area contributed by atoms with Crippen molar-refractivity contribution in [3.05, 3.63) is 23.8 Å². The van der Waals surface area contributed by atoms with E-state index in [2.05, 4.69) is 10.0 Å². The lowest BCUT2D eigenvalue weighted by Crippen LogP contribution is -2.44. The van der Waals surface area contributed by atoms with E-state index in [4.69, 9.17) is 4.74 Å². The molecule has 0 aliphatic heterocycles. The van der Waals surface area contributed by atoms with Gasteiger partial charge in [-0.1, -0.05) is 13.3 Å². The molecule has 2 N–H and O–H groups in total. The van der Waals surface area contributed by atoms with Crippen LogP contribution in [0.1, 0.15) is 32.3 Å². The largest absolute Gasteiger partial charge is 0.496 e. The Labute approximate surface area is 132 Å². The summed E-state index contributed by atoms with van der Waals surface area (Å²) in [6.07, 6.45) is 1.83. The molecule has 6 nitrogen and oxygen atoms in total. The highest BCUT2D eigenvalue weighted by molar-refractivity contribution is 7.89. The molecule has 0 saturated carbocycles. The number of ether oxygens (including phenoxy) is 1. The van der Waals surface area contributed by atoms with E-state index < -0.39 is 16.1 Å². The third-order valence-electron chi connectivity index (χ3n) is 3.23. The number of carbonyl (C=O) groups is 1. The SMILES string of the molecule is CCCCNC(=O)C(C)NS(=O)(=O)c1ccc(OC)c(C)c1. The van der Waals surface area contributed by atoms with Gasteiger partial charge in [-0.2, -0.15) is 4.72 Å². The molecule has 0 aromatic heterocycles. The Morgan fingerprint density at radius 3 is 2.59 bits per heavy atom. The highest BCUT2D eigenvalue weighted by Crippen LogP contribution is 2.21. The second-order valence-electron chi connectivity index (χ2n) is 5.12. The van der Waals surface area contributed by atoms with Crippen molar-refractivity contribution in [2.75, 3.05) is 13.7 Å². The Bertz CT molecular complexity index is 614. The van der Waals surface area contributed by atoms with Crippen molar-refractivity contribution in [2.45, 2.75) is 44.6 Å². The molecule has 1 unspecified atom stereocenters. The number of aryl methyl sites for hydroxylation is 1. The van der Waals surface area contributed by atoms with Gasteiger partial charge in [-0.05, 0) is 44.0 Å². The standard InChI is InChI=1S/C15H24N2O4S/c1-5-6-9-16-15(18)12(3)17-22(19,20)13-7-8-14(21-4)11(2)10-13/h7-8,10,12,17H,5-6,9H2,1-4H3,(H,16,18). The molecule has 1 aromatic carbocycles. The second kappa shape index (κ2) is 8.14. The second-order valence-corrected chi connectivity index (χ2v) is 6.83. The van der Waals surface area contributed by atoms with E-state index in [1.165, 1.54) is 26.2 Å². The minimum Gasteiger partial charge on any atom is -0.496 e. The molecule has 0 heterocycles. The van der Waals surface area contributed by atoms with Crippen molar-refractivity contribution in [2.24, 2.45) is 0 Å². The summed E-state index contributed by atoms with van der Waals surface area (Å²) < 4.78 is 32.1. The first-order chi connectivity index (χ1) is 10.3. The summed E-state index contributed by atoms with van der Waals surface area (Å²) in [6, 6.07) is 3.73. The number of hydrogen-bond donors (Lipinski definition) is 2. The number of sulfonamides is 1. The molecular weight excluding hydrogens is 304 g/mol. The Morgan fingerprint density at radius 2 is 2.05 bits per heavy atom. The van der Waals surface area contributed by atoms with Crippen molar-refractivity contribution in [3.8, 4) is 5.75 Å². The molecular formula is C15H24N2O4S. The van der Waals surface area contributed by atoms with Crippen LogP contribution in [-0.4, -0.2) is 34.0 Å². The van der Waals surface area contributed by atoms with Gasteiger partial charge >= 0.3 is 0 Å². The van der Waals surface area contributed by atoms with Gasteiger partial charge in [0.1, 0.15) is 5.75 Å². The van der Waals surface area contributed by atoms with E-state index in [9.17, 15) is 13.2 Å². The molecule has 1 atom stereocenters. The number of unbranched alkanes of at least 4 members (excludes halogenated alkanes) is 1. The maximum Gasteiger partial charge on any atom is 0.241 e. The van der Waals surface area contributed by atoms with Crippen LogP contribution in [0.2, 0.25) is 0 Å². The van der Waals surface area contributed by atoms with Crippen LogP contribution in [0.3, 0.4) is 0 Å². The molecule has 124 valence electrons. The monoisotopic (exact) mass is 328 g/mol. The van der Waals surface area contributed by atoms with Crippen LogP contribution in [0.4, 0.5) is 0 Å². The number of nitrogens with one attached hydrogen (secondary N) is 2. The molecule has 0 radical (unpaired) electrons. The minimum atomic E-state index is -3.75. The van der Waals surface area contributed by atoms with E-state index in [0.717, 1.165) is 12.8 Å². The Kier molecular flexibility index (Phi) is 6.83. The van der Waals surface area contributed by atoms with Crippen LogP contribution in [-0.2, 0) is 14.8 Å². The maximum absolute atomic E-state index is 12.3. The summed E-state index contributed by atoms with van der Waals surface area (Å²) >= 11 is 0. The summed E-state index contributed by atoms with van der Waals surface area (Å²) in [4.78, 5) is 11.9. The first-order valence-corrected chi connectivity index (χ1v) is 8.74. The molecule has 0 saturated heterocycles. The maximum atomic E-state index is 12.3. The molecule has 0 bridgehead atoms. The molecule has 7 heteroatoms. The summed E-state index contributed by atoms with van der Waals surface area (Å²) in [7, 11) is -2.22. The van der Waals surface area contributed by atoms with Gasteiger partial charge in [0.2, 0.25) is 15.9 Å². The molecule has 0 aliphatic rings. The summed E-state index contributed by atoms with van der Waals surface area (Å²) in [5.74, 6) is 0.284. The van der Waals surface area contributed by atoms with Crippen LogP contribution < -0.4 is 14.8 Å². The third kappa shape index (κ3) is 4.99. The van der Waals surface area contributed by atoms with Crippen molar-refractivity contribution in [1.29, 1.82) is 0 Å². The molecule has 0 aliphatic carbocycles. The van der Waals surface area contributed by atoms with Crippen LogP contribution in [0, 0.1) is 6.92 Å². The van der Waals surface area contributed by atoms with Crippen molar-refractivity contribution in [3.63, 3.8) is 0 Å². The Hall–Kier alpha value is -1.60. The zero-order valence-corrected chi connectivity index (χ0v) is 14.3. The van der Waals surface area contributed by atoms with Gasteiger partial charge in [0.25, 0.3) is 0 Å². The predicted octanol–water partition coefficient (Wildman–Crippen LogP) is 1.59. The molecule has 22 heavy (non-hydrogen) atoms. The fourth-order valence-electron chi connectivity index (χ4n) is 1.91. The molecule has 1 amide bonds. The normalized spacial score (nSPS) is 12.7. The number of benzene rings is 1. The van der Waals surface area contributed by atoms with Crippen molar-refractivity contribution in [1.82, 2.24) is 10.0 Å². The predicted molar refractivity (Wildman–Crippen MR) is 85.4 cm³/mol. The summed E-state index contributed by atoms with van der Waals surface area (Å²) in [5, 5.41) is 2.70. The van der Waals surface area contributed by atoms with E-state index in [-0.39, 0.29) is 10.8 Å². The van der Waals surface area contributed by atoms with E-state index in [1.54, 1.807) is 13.0 Å². The topological polar surface area (TPSA) is 84.5 Å². The summed E-state index contributed by atoms with van der Waals surface area (Å²) in [6.45, 7) is 5.85. The van der Waals surface area contributed by atoms with Crippen LogP contribution in [0.25, 0.3) is 0 Å². The molecule has 0 spiro atoms. The zero-order valence-electron chi connectivity index (χ0n) is 13.5. The average molecular weight is 328 g/mol. The van der Waals surface area contributed by atoms with Gasteiger partial charge in [0.15, 0.2) is 0 Å². The van der Waals surface area contributed by atoms with Crippen molar-refractivity contribution >= 4 is 15.9 Å². The van der Waals surface area contributed by atoms with Gasteiger partial charge in [0, 0.05) is 6.54 Å². The lowest BCUT2D eigenvalue weighted by atomic mass is 10.2. The van der Waals surface area contributed by atoms with Gasteiger partial charge in [-0.3, -0.25) is 4.79 Å². The highest BCUT2D eigenvalue weighted by atomic mass is 32.2. The lowest BCUT2D eigenvalue weighted by Gasteiger charge is -2.15. The third-order valence-corrected chi connectivity index (χ3v) is 4.77. The number of carbonyl (C=O) groups excluding carboxylic acids is 1. The van der Waals surface area contributed by atoms with Gasteiger partial charge in [-0.25, -0.2) is 8.42 Å². The average Bonchev–Trinajstić information content (AvgIpc) is 2.46. The van der Waals surface area contributed by atoms with Gasteiger partial charge in [-0.15, -0.1) is 0 Å². The summed E-state index contributed by atoms with van der Waals surface area (Å²) in [5.41, 5.74) is 0.713. The minimum absolute atomic E-state index is 0.110. The number of rotatable bonds is 8. The zero-order chi connectivity index (χ0) is 16.8. The molecule has 1 aromatic rings. The van der Waals surface area contributed by atoms with Gasteiger partial charge in [0.05, 0.1) is 18.0 Å². The highest BCUT2D eigenvalue weighted by Gasteiger charge is 2.22.